The molecule has 0 bridgehead atoms. The van der Waals surface area contributed by atoms with Gasteiger partial charge in [0.25, 0.3) is 0 Å². The number of amides is 1. The van der Waals surface area contributed by atoms with Crippen molar-refractivity contribution in [2.24, 2.45) is 5.92 Å². The van der Waals surface area contributed by atoms with Crippen LogP contribution in [0.5, 0.6) is 0 Å². The topological polar surface area (TPSA) is 42.4 Å². The first-order valence-electron chi connectivity index (χ1n) is 6.92. The number of aromatic nitrogens is 1. The fourth-order valence-electron chi connectivity index (χ4n) is 2.33. The molecule has 0 radical (unpaired) electrons. The van der Waals surface area contributed by atoms with E-state index in [1.165, 1.54) is 6.07 Å². The Bertz CT molecular complexity index is 485. The van der Waals surface area contributed by atoms with Gasteiger partial charge in [0.1, 0.15) is 11.4 Å². The molecule has 4 nitrogen and oxygen atoms in total. The number of carbonyl (C=O) groups excluding carboxylic acids is 1. The van der Waals surface area contributed by atoms with Crippen LogP contribution < -0.4 is 0 Å². The molecule has 1 fully saturated rings. The number of pyridine rings is 1. The number of hydrogen-bond donors (Lipinski definition) is 0. The Hall–Kier alpha value is -1.65. The summed E-state index contributed by atoms with van der Waals surface area (Å²) in [6, 6.07) is 3.00. The van der Waals surface area contributed by atoms with Crippen LogP contribution in [0.4, 0.5) is 9.18 Å². The normalized spacial score (nSPS) is 19.2. The second-order valence-electron chi connectivity index (χ2n) is 6.22. The number of likely N-dealkylation sites (tertiary alicyclic amines) is 1. The summed E-state index contributed by atoms with van der Waals surface area (Å²) in [6.07, 6.45) is 2.72. The van der Waals surface area contributed by atoms with Crippen LogP contribution in [0.3, 0.4) is 0 Å². The Morgan fingerprint density at radius 1 is 1.55 bits per heavy atom. The molecule has 5 heteroatoms. The van der Waals surface area contributed by atoms with Gasteiger partial charge in [0.05, 0.1) is 5.69 Å². The lowest BCUT2D eigenvalue weighted by Gasteiger charge is -2.24. The number of nitrogens with zero attached hydrogens (tertiary/aromatic N) is 2. The maximum absolute atomic E-state index is 13.6. The van der Waals surface area contributed by atoms with Crippen molar-refractivity contribution in [1.82, 2.24) is 9.88 Å². The largest absolute Gasteiger partial charge is 0.444 e. The Morgan fingerprint density at radius 3 is 2.95 bits per heavy atom. The Kier molecular flexibility index (Phi) is 4.26. The third kappa shape index (κ3) is 3.92. The third-order valence-corrected chi connectivity index (χ3v) is 3.25. The van der Waals surface area contributed by atoms with E-state index >= 15 is 0 Å². The van der Waals surface area contributed by atoms with Crippen LogP contribution in [0.25, 0.3) is 0 Å². The summed E-state index contributed by atoms with van der Waals surface area (Å²) in [6.45, 7) is 6.81. The van der Waals surface area contributed by atoms with Crippen molar-refractivity contribution in [3.63, 3.8) is 0 Å². The molecule has 1 unspecified atom stereocenters. The van der Waals surface area contributed by atoms with Crippen LogP contribution in [-0.2, 0) is 11.2 Å². The van der Waals surface area contributed by atoms with E-state index in [0.717, 1.165) is 6.42 Å². The molecule has 0 saturated carbocycles. The van der Waals surface area contributed by atoms with Crippen LogP contribution in [0, 0.1) is 11.7 Å². The highest BCUT2D eigenvalue weighted by atomic mass is 19.1. The first-order chi connectivity index (χ1) is 9.35. The monoisotopic (exact) mass is 280 g/mol. The lowest BCUT2D eigenvalue weighted by Crippen LogP contribution is -2.35. The predicted molar refractivity (Wildman–Crippen MR) is 73.8 cm³/mol. The molecule has 1 saturated heterocycles. The second-order valence-corrected chi connectivity index (χ2v) is 6.22. The predicted octanol–water partition coefficient (Wildman–Crippen LogP) is 3.02. The molecule has 0 N–H and O–H groups in total. The summed E-state index contributed by atoms with van der Waals surface area (Å²) >= 11 is 0. The van der Waals surface area contributed by atoms with Gasteiger partial charge < -0.3 is 9.64 Å². The minimum atomic E-state index is -0.484. The maximum atomic E-state index is 13.6. The van der Waals surface area contributed by atoms with Gasteiger partial charge >= 0.3 is 6.09 Å². The lowest BCUT2D eigenvalue weighted by atomic mass is 10.0. The van der Waals surface area contributed by atoms with Crippen molar-refractivity contribution in [2.45, 2.75) is 39.2 Å². The zero-order valence-electron chi connectivity index (χ0n) is 12.2. The highest BCUT2D eigenvalue weighted by Gasteiger charge is 2.30. The quantitative estimate of drug-likeness (QED) is 0.836. The molecule has 1 aliphatic heterocycles. The molecule has 20 heavy (non-hydrogen) atoms. The standard InChI is InChI=1S/C15H21FN2O2/c1-15(2,3)20-14(19)18-8-6-11(10-18)9-13-12(16)5-4-7-17-13/h4-5,7,11H,6,8-10H2,1-3H3. The smallest absolute Gasteiger partial charge is 0.410 e. The van der Waals surface area contributed by atoms with Gasteiger partial charge in [-0.05, 0) is 51.7 Å². The van der Waals surface area contributed by atoms with Crippen molar-refractivity contribution >= 4 is 6.09 Å². The van der Waals surface area contributed by atoms with E-state index in [2.05, 4.69) is 4.98 Å². The van der Waals surface area contributed by atoms with Gasteiger partial charge in [-0.1, -0.05) is 0 Å². The van der Waals surface area contributed by atoms with Gasteiger partial charge in [-0.25, -0.2) is 9.18 Å². The van der Waals surface area contributed by atoms with Crippen LogP contribution in [0.15, 0.2) is 18.3 Å². The average molecular weight is 280 g/mol. The van der Waals surface area contributed by atoms with E-state index in [1.54, 1.807) is 17.2 Å². The summed E-state index contributed by atoms with van der Waals surface area (Å²) in [5.41, 5.74) is -0.00837. The van der Waals surface area contributed by atoms with Gasteiger partial charge in [0, 0.05) is 19.3 Å². The molecular weight excluding hydrogens is 259 g/mol. The van der Waals surface area contributed by atoms with Crippen molar-refractivity contribution in [2.75, 3.05) is 13.1 Å². The fraction of sp³-hybridized carbons (Fsp3) is 0.600. The lowest BCUT2D eigenvalue weighted by molar-refractivity contribution is 0.0288. The second kappa shape index (κ2) is 5.77. The van der Waals surface area contributed by atoms with Gasteiger partial charge in [-0.2, -0.15) is 0 Å². The van der Waals surface area contributed by atoms with Gasteiger partial charge in [-0.15, -0.1) is 0 Å². The highest BCUT2D eigenvalue weighted by Crippen LogP contribution is 2.23. The first kappa shape index (κ1) is 14.8. The molecule has 0 aromatic carbocycles. The Labute approximate surface area is 118 Å². The van der Waals surface area contributed by atoms with E-state index in [4.69, 9.17) is 4.74 Å². The number of halogens is 1. The molecule has 0 aliphatic carbocycles. The molecule has 0 spiro atoms. The van der Waals surface area contributed by atoms with Crippen molar-refractivity contribution < 1.29 is 13.9 Å². The van der Waals surface area contributed by atoms with E-state index in [1.807, 2.05) is 20.8 Å². The number of ether oxygens (including phenoxy) is 1. The fourth-order valence-corrected chi connectivity index (χ4v) is 2.33. The minimum Gasteiger partial charge on any atom is -0.444 e. The highest BCUT2D eigenvalue weighted by molar-refractivity contribution is 5.68. The van der Waals surface area contributed by atoms with E-state index in [-0.39, 0.29) is 17.8 Å². The molecule has 2 heterocycles. The van der Waals surface area contributed by atoms with Crippen LogP contribution in [-0.4, -0.2) is 34.7 Å². The summed E-state index contributed by atoms with van der Waals surface area (Å²) in [7, 11) is 0. The van der Waals surface area contributed by atoms with E-state index in [0.29, 0.717) is 25.2 Å². The minimum absolute atomic E-state index is 0.243. The summed E-state index contributed by atoms with van der Waals surface area (Å²) < 4.78 is 18.9. The molecule has 1 aromatic heterocycles. The van der Waals surface area contributed by atoms with Crippen LogP contribution >= 0.6 is 0 Å². The number of hydrogen-bond acceptors (Lipinski definition) is 3. The molecule has 2 rings (SSSR count). The van der Waals surface area contributed by atoms with Crippen molar-refractivity contribution in [3.8, 4) is 0 Å². The van der Waals surface area contributed by atoms with Crippen LogP contribution in [0.1, 0.15) is 32.9 Å². The van der Waals surface area contributed by atoms with Crippen LogP contribution in [0.2, 0.25) is 0 Å². The molecule has 1 amide bonds. The number of carbonyl (C=O) groups is 1. The molecular formula is C15H21FN2O2. The van der Waals surface area contributed by atoms with Crippen molar-refractivity contribution in [1.29, 1.82) is 0 Å². The van der Waals surface area contributed by atoms with E-state index in [9.17, 15) is 9.18 Å². The first-order valence-corrected chi connectivity index (χ1v) is 6.92. The van der Waals surface area contributed by atoms with Gasteiger partial charge in [0.15, 0.2) is 0 Å². The number of rotatable bonds is 2. The van der Waals surface area contributed by atoms with Gasteiger partial charge in [-0.3, -0.25) is 4.98 Å². The third-order valence-electron chi connectivity index (χ3n) is 3.25. The van der Waals surface area contributed by atoms with E-state index < -0.39 is 5.60 Å². The maximum Gasteiger partial charge on any atom is 0.410 e. The average Bonchev–Trinajstić information content (AvgIpc) is 2.79. The molecule has 110 valence electrons. The Balaban J connectivity index is 1.90. The molecule has 1 atom stereocenters. The summed E-state index contributed by atoms with van der Waals surface area (Å²) in [4.78, 5) is 17.7. The summed E-state index contributed by atoms with van der Waals surface area (Å²) in [5, 5.41) is 0. The van der Waals surface area contributed by atoms with Gasteiger partial charge in [0.2, 0.25) is 0 Å². The molecule has 1 aromatic rings. The van der Waals surface area contributed by atoms with Crippen molar-refractivity contribution in [3.05, 3.63) is 29.8 Å². The molecule has 1 aliphatic rings. The zero-order valence-corrected chi connectivity index (χ0v) is 12.2. The zero-order chi connectivity index (χ0) is 14.8. The summed E-state index contributed by atoms with van der Waals surface area (Å²) in [5.74, 6) is -0.0323. The Morgan fingerprint density at radius 2 is 2.30 bits per heavy atom. The SMILES string of the molecule is CC(C)(C)OC(=O)N1CCC(Cc2ncccc2F)C1.